The first-order valence-corrected chi connectivity index (χ1v) is 9.04. The number of benzene rings is 1. The number of hydrogen-bond donors (Lipinski definition) is 4. The van der Waals surface area contributed by atoms with Crippen LogP contribution in [0.4, 0.5) is 31.2 Å². The Morgan fingerprint density at radius 2 is 1.87 bits per heavy atom. The summed E-state index contributed by atoms with van der Waals surface area (Å²) >= 11 is 0. The number of aromatic nitrogens is 4. The predicted molar refractivity (Wildman–Crippen MR) is 102 cm³/mol. The number of urea groups is 1. The zero-order valence-corrected chi connectivity index (χ0v) is 15.2. The summed E-state index contributed by atoms with van der Waals surface area (Å²) in [5, 5.41) is 14.8. The highest BCUT2D eigenvalue weighted by molar-refractivity contribution is 6.14. The number of anilines is 3. The summed E-state index contributed by atoms with van der Waals surface area (Å²) in [7, 11) is 0. The molecule has 0 bridgehead atoms. The van der Waals surface area contributed by atoms with Crippen molar-refractivity contribution < 1.29 is 18.4 Å². The first-order chi connectivity index (χ1) is 14.4. The zero-order chi connectivity index (χ0) is 20.8. The molecule has 2 aliphatic rings. The second kappa shape index (κ2) is 6.76. The van der Waals surface area contributed by atoms with E-state index in [2.05, 4.69) is 36.3 Å². The predicted octanol–water partition coefficient (Wildman–Crippen LogP) is 1.90. The number of rotatable bonds is 5. The highest BCUT2D eigenvalue weighted by atomic mass is 19.1. The summed E-state index contributed by atoms with van der Waals surface area (Å²) in [6, 6.07) is 2.61. The fourth-order valence-corrected chi connectivity index (χ4v) is 2.95. The molecule has 0 radical (unpaired) electrons. The van der Waals surface area contributed by atoms with Crippen LogP contribution < -0.4 is 21.3 Å². The molecule has 5 rings (SSSR count). The molecule has 1 aliphatic carbocycles. The molecule has 1 saturated heterocycles. The zero-order valence-electron chi connectivity index (χ0n) is 15.2. The van der Waals surface area contributed by atoms with Gasteiger partial charge in [0, 0.05) is 23.4 Å². The minimum Gasteiger partial charge on any atom is -0.351 e. The molecule has 3 amide bonds. The van der Waals surface area contributed by atoms with Crippen LogP contribution in [-0.2, 0) is 4.79 Å². The summed E-state index contributed by atoms with van der Waals surface area (Å²) in [6.07, 6.45) is 4.86. The van der Waals surface area contributed by atoms with E-state index in [1.165, 1.54) is 16.8 Å². The molecule has 0 spiro atoms. The van der Waals surface area contributed by atoms with Crippen LogP contribution in [0.2, 0.25) is 0 Å². The third kappa shape index (κ3) is 3.50. The molecular weight excluding hydrogens is 398 g/mol. The molecular formula is C18H14F2N8O2. The molecule has 152 valence electrons. The van der Waals surface area contributed by atoms with Crippen molar-refractivity contribution in [1.82, 2.24) is 30.2 Å². The number of carbonyl (C=O) groups excluding carboxylic acids is 2. The standard InChI is InChI=1S/C18H14F2N8O2/c19-9-4-10(20)6-12(5-9)22-16-25-14-8(3-13-15(29)26-18(30)24-13)7-21-28(14)17(27-16)23-11-1-2-11/h3-7,11H,1-2H2,(H2,22,23,25,27)(H2,24,26,29,30)/b13-3-. The van der Waals surface area contributed by atoms with Gasteiger partial charge in [-0.3, -0.25) is 10.1 Å². The van der Waals surface area contributed by atoms with Gasteiger partial charge in [-0.1, -0.05) is 0 Å². The number of imide groups is 1. The van der Waals surface area contributed by atoms with Crippen molar-refractivity contribution >= 4 is 41.2 Å². The van der Waals surface area contributed by atoms with Gasteiger partial charge < -0.3 is 16.0 Å². The number of nitrogens with one attached hydrogen (secondary N) is 4. The van der Waals surface area contributed by atoms with Gasteiger partial charge in [0.15, 0.2) is 5.65 Å². The monoisotopic (exact) mass is 412 g/mol. The van der Waals surface area contributed by atoms with E-state index in [0.29, 0.717) is 17.2 Å². The molecule has 1 saturated carbocycles. The fourth-order valence-electron chi connectivity index (χ4n) is 2.95. The van der Waals surface area contributed by atoms with Gasteiger partial charge in [0.1, 0.15) is 17.3 Å². The molecule has 12 heteroatoms. The van der Waals surface area contributed by atoms with Gasteiger partial charge in [-0.15, -0.1) is 0 Å². The van der Waals surface area contributed by atoms with Gasteiger partial charge in [0.05, 0.1) is 6.20 Å². The summed E-state index contributed by atoms with van der Waals surface area (Å²) < 4.78 is 28.5. The van der Waals surface area contributed by atoms with Crippen LogP contribution in [0.3, 0.4) is 0 Å². The van der Waals surface area contributed by atoms with E-state index in [1.807, 2.05) is 0 Å². The lowest BCUT2D eigenvalue weighted by Gasteiger charge is -2.10. The van der Waals surface area contributed by atoms with Crippen molar-refractivity contribution in [1.29, 1.82) is 0 Å². The lowest BCUT2D eigenvalue weighted by atomic mass is 10.2. The minimum absolute atomic E-state index is 0.0481. The molecule has 10 nitrogen and oxygen atoms in total. The van der Waals surface area contributed by atoms with E-state index in [1.54, 1.807) is 0 Å². The van der Waals surface area contributed by atoms with Crippen LogP contribution in [0.1, 0.15) is 18.4 Å². The quantitative estimate of drug-likeness (QED) is 0.373. The molecule has 1 aliphatic heterocycles. The fraction of sp³-hybridized carbons (Fsp3) is 0.167. The van der Waals surface area contributed by atoms with Crippen molar-refractivity contribution in [3.8, 4) is 0 Å². The summed E-state index contributed by atoms with van der Waals surface area (Å²) in [5.74, 6) is -1.60. The summed E-state index contributed by atoms with van der Waals surface area (Å²) in [4.78, 5) is 31.9. The van der Waals surface area contributed by atoms with Gasteiger partial charge in [-0.2, -0.15) is 19.6 Å². The van der Waals surface area contributed by atoms with Crippen LogP contribution in [0.25, 0.3) is 11.7 Å². The second-order valence-corrected chi connectivity index (χ2v) is 6.87. The average Bonchev–Trinajstić information content (AvgIpc) is 3.30. The summed E-state index contributed by atoms with van der Waals surface area (Å²) in [5.41, 5.74) is 0.953. The molecule has 0 atom stereocenters. The first-order valence-electron chi connectivity index (χ1n) is 9.04. The van der Waals surface area contributed by atoms with E-state index < -0.39 is 23.6 Å². The van der Waals surface area contributed by atoms with Crippen molar-refractivity contribution in [2.75, 3.05) is 10.6 Å². The Bertz CT molecular complexity index is 1210. The van der Waals surface area contributed by atoms with Gasteiger partial charge in [-0.25, -0.2) is 13.6 Å². The Morgan fingerprint density at radius 3 is 2.53 bits per heavy atom. The topological polar surface area (TPSA) is 125 Å². The smallest absolute Gasteiger partial charge is 0.326 e. The van der Waals surface area contributed by atoms with Gasteiger partial charge >= 0.3 is 6.03 Å². The number of carbonyl (C=O) groups is 2. The Morgan fingerprint density at radius 1 is 1.10 bits per heavy atom. The normalized spacial score (nSPS) is 17.3. The van der Waals surface area contributed by atoms with Gasteiger partial charge in [0.25, 0.3) is 5.91 Å². The van der Waals surface area contributed by atoms with E-state index in [4.69, 9.17) is 0 Å². The maximum Gasteiger partial charge on any atom is 0.326 e. The Kier molecular flexibility index (Phi) is 4.05. The maximum atomic E-state index is 13.5. The lowest BCUT2D eigenvalue weighted by molar-refractivity contribution is -0.115. The number of amides is 3. The van der Waals surface area contributed by atoms with Gasteiger partial charge in [-0.05, 0) is 31.1 Å². The third-order valence-electron chi connectivity index (χ3n) is 4.44. The maximum absolute atomic E-state index is 13.5. The number of fused-ring (bicyclic) bond motifs is 1. The van der Waals surface area contributed by atoms with Crippen LogP contribution >= 0.6 is 0 Å². The van der Waals surface area contributed by atoms with Crippen LogP contribution in [0, 0.1) is 11.6 Å². The molecule has 3 heterocycles. The Balaban J connectivity index is 1.58. The van der Waals surface area contributed by atoms with E-state index in [0.717, 1.165) is 31.0 Å². The third-order valence-corrected chi connectivity index (χ3v) is 4.44. The molecule has 2 aromatic heterocycles. The number of nitrogens with zero attached hydrogens (tertiary/aromatic N) is 4. The molecule has 3 aromatic rings. The van der Waals surface area contributed by atoms with E-state index in [-0.39, 0.29) is 23.4 Å². The largest absolute Gasteiger partial charge is 0.351 e. The number of halogens is 2. The molecule has 4 N–H and O–H groups in total. The highest BCUT2D eigenvalue weighted by Gasteiger charge is 2.26. The SMILES string of the molecule is O=C1NC(=O)/C(=C/c2cnn3c(NC4CC4)nc(Nc4cc(F)cc(F)c4)nc23)N1. The summed E-state index contributed by atoms with van der Waals surface area (Å²) in [6.45, 7) is 0. The molecule has 0 unspecified atom stereocenters. The van der Waals surface area contributed by atoms with Crippen molar-refractivity contribution in [2.24, 2.45) is 0 Å². The van der Waals surface area contributed by atoms with Crippen LogP contribution in [0.5, 0.6) is 0 Å². The van der Waals surface area contributed by atoms with Crippen molar-refractivity contribution in [3.63, 3.8) is 0 Å². The second-order valence-electron chi connectivity index (χ2n) is 6.87. The van der Waals surface area contributed by atoms with Crippen LogP contribution in [0.15, 0.2) is 30.1 Å². The Labute approximate surface area is 167 Å². The Hall–Kier alpha value is -4.09. The first kappa shape index (κ1) is 18.0. The van der Waals surface area contributed by atoms with Crippen molar-refractivity contribution in [3.05, 3.63) is 47.3 Å². The van der Waals surface area contributed by atoms with Crippen molar-refractivity contribution in [2.45, 2.75) is 18.9 Å². The van der Waals surface area contributed by atoms with E-state index >= 15 is 0 Å². The number of hydrogen-bond acceptors (Lipinski definition) is 7. The molecule has 1 aromatic carbocycles. The highest BCUT2D eigenvalue weighted by Crippen LogP contribution is 2.26. The average molecular weight is 412 g/mol. The molecule has 2 fully saturated rings. The minimum atomic E-state index is -0.743. The lowest BCUT2D eigenvalue weighted by Crippen LogP contribution is -2.22. The molecule has 30 heavy (non-hydrogen) atoms. The van der Waals surface area contributed by atoms with Crippen LogP contribution in [-0.4, -0.2) is 37.6 Å². The van der Waals surface area contributed by atoms with E-state index in [9.17, 15) is 18.4 Å². The van der Waals surface area contributed by atoms with Gasteiger partial charge in [0.2, 0.25) is 11.9 Å².